The third-order valence-electron chi connectivity index (χ3n) is 2.61. The van der Waals surface area contributed by atoms with E-state index < -0.39 is 15.1 Å². The van der Waals surface area contributed by atoms with Crippen LogP contribution < -0.4 is 0 Å². The lowest BCUT2D eigenvalue weighted by molar-refractivity contribution is -0.124. The molecule has 0 unspecified atom stereocenters. The molecule has 0 atom stereocenters. The van der Waals surface area contributed by atoms with Gasteiger partial charge in [0.2, 0.25) is 0 Å². The molecule has 0 spiro atoms. The molecule has 0 saturated carbocycles. The molecule has 0 radical (unpaired) electrons. The third-order valence-corrected chi connectivity index (χ3v) is 4.33. The van der Waals surface area contributed by atoms with Crippen molar-refractivity contribution in [3.8, 4) is 6.07 Å². The largest absolute Gasteiger partial charge is 0.298 e. The SMILES string of the molecule is CC(=O)C1(C#N)CCS(=N)(=O)CC1. The number of rotatable bonds is 1. The number of nitrogens with zero attached hydrogens (tertiary/aromatic N) is 1. The summed E-state index contributed by atoms with van der Waals surface area (Å²) in [6.45, 7) is 1.39. The van der Waals surface area contributed by atoms with Crippen molar-refractivity contribution >= 4 is 15.5 Å². The quantitative estimate of drug-likeness (QED) is 0.683. The molecule has 72 valence electrons. The maximum Gasteiger partial charge on any atom is 0.150 e. The highest BCUT2D eigenvalue weighted by atomic mass is 32.2. The molecule has 5 heteroatoms. The van der Waals surface area contributed by atoms with Gasteiger partial charge in [-0.25, -0.2) is 4.21 Å². The van der Waals surface area contributed by atoms with Crippen LogP contribution in [0, 0.1) is 21.5 Å². The van der Waals surface area contributed by atoms with Crippen LogP contribution in [-0.4, -0.2) is 21.5 Å². The van der Waals surface area contributed by atoms with Gasteiger partial charge in [-0.1, -0.05) is 0 Å². The van der Waals surface area contributed by atoms with E-state index in [4.69, 9.17) is 10.0 Å². The van der Waals surface area contributed by atoms with E-state index >= 15 is 0 Å². The lowest BCUT2D eigenvalue weighted by Crippen LogP contribution is -2.37. The van der Waals surface area contributed by atoms with Crippen LogP contribution in [-0.2, 0) is 14.5 Å². The number of hydrogen-bond donors (Lipinski definition) is 1. The Kier molecular flexibility index (Phi) is 2.44. The van der Waals surface area contributed by atoms with Crippen molar-refractivity contribution in [2.24, 2.45) is 5.41 Å². The lowest BCUT2D eigenvalue weighted by atomic mass is 9.80. The molecule has 1 saturated heterocycles. The van der Waals surface area contributed by atoms with Crippen molar-refractivity contribution in [2.45, 2.75) is 19.8 Å². The van der Waals surface area contributed by atoms with Crippen LogP contribution in [0.4, 0.5) is 0 Å². The van der Waals surface area contributed by atoms with Gasteiger partial charge >= 0.3 is 0 Å². The molecule has 0 aromatic heterocycles. The summed E-state index contributed by atoms with van der Waals surface area (Å²) >= 11 is 0. The van der Waals surface area contributed by atoms with Crippen LogP contribution in [0.25, 0.3) is 0 Å². The molecule has 1 heterocycles. The molecule has 0 aromatic carbocycles. The second-order valence-electron chi connectivity index (χ2n) is 3.47. The van der Waals surface area contributed by atoms with E-state index in [1.54, 1.807) is 0 Å². The standard InChI is InChI=1S/C8H12N2O2S/c1-7(11)8(6-9)2-4-13(10,12)5-3-8/h10H,2-5H2,1H3. The number of nitriles is 1. The first-order valence-electron chi connectivity index (χ1n) is 4.08. The number of nitrogens with one attached hydrogen (secondary N) is 1. The second-order valence-corrected chi connectivity index (χ2v) is 5.91. The summed E-state index contributed by atoms with van der Waals surface area (Å²) in [6, 6.07) is 2.00. The molecule has 1 aliphatic rings. The Bertz CT molecular complexity index is 350. The van der Waals surface area contributed by atoms with E-state index in [2.05, 4.69) is 0 Å². The van der Waals surface area contributed by atoms with Crippen molar-refractivity contribution in [3.63, 3.8) is 0 Å². The second kappa shape index (κ2) is 3.11. The minimum Gasteiger partial charge on any atom is -0.298 e. The smallest absolute Gasteiger partial charge is 0.150 e. The Hall–Kier alpha value is -0.890. The fourth-order valence-electron chi connectivity index (χ4n) is 1.45. The van der Waals surface area contributed by atoms with Gasteiger partial charge in [-0.05, 0) is 19.8 Å². The number of carbonyl (C=O) groups is 1. The van der Waals surface area contributed by atoms with E-state index in [0.717, 1.165) is 0 Å². The normalized spacial score (nSPS) is 39.4. The van der Waals surface area contributed by atoms with Gasteiger partial charge in [0.1, 0.15) is 11.2 Å². The summed E-state index contributed by atoms with van der Waals surface area (Å²) < 4.78 is 18.6. The van der Waals surface area contributed by atoms with Crippen molar-refractivity contribution in [2.75, 3.05) is 11.5 Å². The Morgan fingerprint density at radius 1 is 1.54 bits per heavy atom. The number of ketones is 1. The number of Topliss-reactive ketones (excluding diaryl/α,β-unsaturated/α-hetero) is 1. The Labute approximate surface area is 77.9 Å². The van der Waals surface area contributed by atoms with Crippen LogP contribution in [0.2, 0.25) is 0 Å². The molecule has 1 aliphatic heterocycles. The molecule has 0 aromatic rings. The highest BCUT2D eigenvalue weighted by molar-refractivity contribution is 7.92. The summed E-state index contributed by atoms with van der Waals surface area (Å²) in [5, 5.41) is 8.86. The van der Waals surface area contributed by atoms with Gasteiger partial charge in [0, 0.05) is 21.2 Å². The molecular weight excluding hydrogens is 188 g/mol. The van der Waals surface area contributed by atoms with Gasteiger partial charge < -0.3 is 0 Å². The van der Waals surface area contributed by atoms with Crippen LogP contribution in [0.5, 0.6) is 0 Å². The zero-order valence-corrected chi connectivity index (χ0v) is 8.32. The summed E-state index contributed by atoms with van der Waals surface area (Å²) in [7, 11) is -2.50. The highest BCUT2D eigenvalue weighted by Gasteiger charge is 2.40. The van der Waals surface area contributed by atoms with Gasteiger partial charge in [0.15, 0.2) is 0 Å². The molecule has 0 aliphatic carbocycles. The van der Waals surface area contributed by atoms with Gasteiger partial charge in [0.25, 0.3) is 0 Å². The first kappa shape index (κ1) is 10.2. The highest BCUT2D eigenvalue weighted by Crippen LogP contribution is 2.32. The minimum absolute atomic E-state index is 0.162. The van der Waals surface area contributed by atoms with Crippen molar-refractivity contribution in [1.29, 1.82) is 10.0 Å². The van der Waals surface area contributed by atoms with Crippen LogP contribution in [0.1, 0.15) is 19.8 Å². The van der Waals surface area contributed by atoms with Crippen LogP contribution in [0.15, 0.2) is 0 Å². The maximum absolute atomic E-state index is 11.3. The zero-order valence-electron chi connectivity index (χ0n) is 7.50. The molecule has 13 heavy (non-hydrogen) atoms. The fraction of sp³-hybridized carbons (Fsp3) is 0.750. The summed E-state index contributed by atoms with van der Waals surface area (Å²) in [6.07, 6.45) is 0.558. The Morgan fingerprint density at radius 3 is 2.31 bits per heavy atom. The maximum atomic E-state index is 11.3. The third kappa shape index (κ3) is 1.89. The minimum atomic E-state index is -2.50. The van der Waals surface area contributed by atoms with Crippen molar-refractivity contribution < 1.29 is 9.00 Å². The average Bonchev–Trinajstić information content (AvgIpc) is 2.05. The average molecular weight is 200 g/mol. The number of carbonyl (C=O) groups excluding carboxylic acids is 1. The van der Waals surface area contributed by atoms with Crippen molar-refractivity contribution in [3.05, 3.63) is 0 Å². The van der Waals surface area contributed by atoms with Gasteiger partial charge in [0.05, 0.1) is 6.07 Å². The summed E-state index contributed by atoms with van der Waals surface area (Å²) in [5.74, 6) is 0.199. The first-order valence-corrected chi connectivity index (χ1v) is 5.98. The molecule has 0 amide bonds. The molecule has 4 nitrogen and oxygen atoms in total. The predicted octanol–water partition coefficient (Wildman–Crippen LogP) is 0.926. The topological polar surface area (TPSA) is 81.8 Å². The predicted molar refractivity (Wildman–Crippen MR) is 48.6 cm³/mol. The summed E-state index contributed by atoms with van der Waals surface area (Å²) in [4.78, 5) is 11.2. The first-order chi connectivity index (χ1) is 5.92. The molecular formula is C8H12N2O2S. The van der Waals surface area contributed by atoms with Gasteiger partial charge in [-0.2, -0.15) is 5.26 Å². The molecule has 1 rings (SSSR count). The van der Waals surface area contributed by atoms with Gasteiger partial charge in [-0.15, -0.1) is 0 Å². The number of hydrogen-bond acceptors (Lipinski definition) is 4. The fourth-order valence-corrected chi connectivity index (χ4v) is 3.01. The van der Waals surface area contributed by atoms with E-state index in [1.165, 1.54) is 6.92 Å². The molecule has 1 N–H and O–H groups in total. The van der Waals surface area contributed by atoms with E-state index in [-0.39, 0.29) is 30.1 Å². The Morgan fingerprint density at radius 2 is 2.00 bits per heavy atom. The zero-order chi connectivity index (χ0) is 10.1. The lowest BCUT2D eigenvalue weighted by Gasteiger charge is -2.28. The molecule has 1 fully saturated rings. The Balaban J connectivity index is 2.89. The molecule has 0 bridgehead atoms. The van der Waals surface area contributed by atoms with Crippen LogP contribution in [0.3, 0.4) is 0 Å². The van der Waals surface area contributed by atoms with Crippen LogP contribution >= 0.6 is 0 Å². The van der Waals surface area contributed by atoms with E-state index in [1.807, 2.05) is 6.07 Å². The monoisotopic (exact) mass is 200 g/mol. The summed E-state index contributed by atoms with van der Waals surface area (Å²) in [5.41, 5.74) is -0.956. The van der Waals surface area contributed by atoms with Gasteiger partial charge in [-0.3, -0.25) is 9.57 Å². The van der Waals surface area contributed by atoms with E-state index in [0.29, 0.717) is 0 Å². The van der Waals surface area contributed by atoms with Crippen molar-refractivity contribution in [1.82, 2.24) is 0 Å². The van der Waals surface area contributed by atoms with E-state index in [9.17, 15) is 9.00 Å².